The monoisotopic (exact) mass is 1060 g/mol. The van der Waals surface area contributed by atoms with E-state index >= 15 is 0 Å². The van der Waals surface area contributed by atoms with Crippen LogP contribution in [0.1, 0.15) is 265 Å². The van der Waals surface area contributed by atoms with Gasteiger partial charge in [0.15, 0.2) is 6.10 Å². The SMILES string of the molecule is CC/C=C\C/C=C\C/C=C\C/C=C\C/C=C\C/C=C\CCCCCCC(=O)OCC(COC(=O)CCCCCCCCC/C=C\C/C=C\C/C=C\CC)OC(=O)CCCCCCCC/C=C\C/C=C\C/C=C\CCCCC. The Morgan fingerprint density at radius 2 is 0.506 bits per heavy atom. The van der Waals surface area contributed by atoms with Crippen LogP contribution in [0.4, 0.5) is 0 Å². The molecule has 0 aromatic heterocycles. The smallest absolute Gasteiger partial charge is 0.306 e. The van der Waals surface area contributed by atoms with Gasteiger partial charge in [0.25, 0.3) is 0 Å². The number of hydrogen-bond acceptors (Lipinski definition) is 6. The summed E-state index contributed by atoms with van der Waals surface area (Å²) in [5, 5.41) is 0. The van der Waals surface area contributed by atoms with E-state index in [0.29, 0.717) is 19.3 Å². The maximum atomic E-state index is 12.9. The molecule has 434 valence electrons. The van der Waals surface area contributed by atoms with Crippen LogP contribution in [-0.2, 0) is 28.6 Å². The average Bonchev–Trinajstić information content (AvgIpc) is 3.43. The van der Waals surface area contributed by atoms with Crippen molar-refractivity contribution in [2.75, 3.05) is 13.2 Å². The predicted molar refractivity (Wildman–Crippen MR) is 334 cm³/mol. The lowest BCUT2D eigenvalue weighted by Gasteiger charge is -2.18. The van der Waals surface area contributed by atoms with Crippen LogP contribution in [0, 0.1) is 0 Å². The molecule has 0 saturated carbocycles. The van der Waals surface area contributed by atoms with E-state index in [1.54, 1.807) is 0 Å². The van der Waals surface area contributed by atoms with E-state index in [2.05, 4.69) is 167 Å². The summed E-state index contributed by atoms with van der Waals surface area (Å²) in [6.45, 7) is 6.35. The molecule has 0 heterocycles. The van der Waals surface area contributed by atoms with Crippen molar-refractivity contribution in [1.29, 1.82) is 0 Å². The Labute approximate surface area is 474 Å². The Hall–Kier alpha value is -4.71. The molecule has 77 heavy (non-hydrogen) atoms. The Bertz CT molecular complexity index is 1700. The van der Waals surface area contributed by atoms with Gasteiger partial charge < -0.3 is 14.2 Å². The van der Waals surface area contributed by atoms with Crippen LogP contribution in [-0.4, -0.2) is 37.2 Å². The zero-order valence-electron chi connectivity index (χ0n) is 49.7. The van der Waals surface area contributed by atoms with Gasteiger partial charge in [0, 0.05) is 19.3 Å². The first kappa shape index (κ1) is 72.3. The van der Waals surface area contributed by atoms with Gasteiger partial charge in [-0.15, -0.1) is 0 Å². The number of rotatable bonds is 55. The van der Waals surface area contributed by atoms with Gasteiger partial charge in [0.05, 0.1) is 0 Å². The Balaban J connectivity index is 4.50. The summed E-state index contributed by atoms with van der Waals surface area (Å²) in [5.74, 6) is -0.951. The summed E-state index contributed by atoms with van der Waals surface area (Å²) >= 11 is 0. The van der Waals surface area contributed by atoms with Gasteiger partial charge >= 0.3 is 17.9 Å². The van der Waals surface area contributed by atoms with Crippen molar-refractivity contribution in [2.24, 2.45) is 0 Å². The fourth-order valence-corrected chi connectivity index (χ4v) is 8.17. The van der Waals surface area contributed by atoms with Crippen molar-refractivity contribution in [3.8, 4) is 0 Å². The molecule has 0 bridgehead atoms. The summed E-state index contributed by atoms with van der Waals surface area (Å²) in [6.07, 6.45) is 91.2. The van der Waals surface area contributed by atoms with Crippen molar-refractivity contribution in [3.05, 3.63) is 146 Å². The zero-order chi connectivity index (χ0) is 55.7. The van der Waals surface area contributed by atoms with E-state index < -0.39 is 6.10 Å². The molecule has 6 heteroatoms. The minimum Gasteiger partial charge on any atom is -0.462 e. The first-order chi connectivity index (χ1) is 38.0. The lowest BCUT2D eigenvalue weighted by atomic mass is 10.1. The van der Waals surface area contributed by atoms with Gasteiger partial charge in [0.1, 0.15) is 13.2 Å². The molecule has 1 atom stereocenters. The molecule has 0 aromatic carbocycles. The van der Waals surface area contributed by atoms with E-state index in [9.17, 15) is 14.4 Å². The number of hydrogen-bond donors (Lipinski definition) is 0. The Morgan fingerprint density at radius 1 is 0.273 bits per heavy atom. The number of carbonyl (C=O) groups is 3. The number of ether oxygens (including phenoxy) is 3. The van der Waals surface area contributed by atoms with E-state index in [1.165, 1.54) is 64.2 Å². The second kappa shape index (κ2) is 63.8. The van der Waals surface area contributed by atoms with Crippen molar-refractivity contribution in [3.63, 3.8) is 0 Å². The van der Waals surface area contributed by atoms with Crippen LogP contribution < -0.4 is 0 Å². The van der Waals surface area contributed by atoms with Gasteiger partial charge in [-0.25, -0.2) is 0 Å². The van der Waals surface area contributed by atoms with E-state index in [-0.39, 0.29) is 31.1 Å². The molecule has 0 fully saturated rings. The predicted octanol–water partition coefficient (Wildman–Crippen LogP) is 21.5. The third kappa shape index (κ3) is 62.0. The molecule has 0 rings (SSSR count). The van der Waals surface area contributed by atoms with Crippen LogP contribution in [0.15, 0.2) is 146 Å². The molecule has 6 nitrogen and oxygen atoms in total. The standard InChI is InChI=1S/C71H114O6/c1-4-7-10-13-16-19-22-25-28-31-33-34-35-36-38-40-43-46-49-52-55-58-61-64-70(73)76-67-68(66-75-69(72)63-60-57-54-51-48-45-42-39-30-27-24-21-18-15-12-9-6-3)77-71(74)65-62-59-56-53-50-47-44-41-37-32-29-26-23-20-17-14-11-8-5-2/h7,9-10,12,16-21,25-30,33-34,36-38,41,43,46,68H,4-6,8,11,13-15,22-24,31-32,35,39-40,42,44-45,47-67H2,1-3H3/b10-7-,12-9-,19-16-,20-17-,21-18-,28-25-,29-26-,30-27-,34-33-,38-36-,41-37-,46-43-. The quantitative estimate of drug-likeness (QED) is 0.0261. The van der Waals surface area contributed by atoms with E-state index in [1.807, 2.05) is 0 Å². The maximum absolute atomic E-state index is 12.9. The molecule has 0 aliphatic heterocycles. The highest BCUT2D eigenvalue weighted by Gasteiger charge is 2.19. The van der Waals surface area contributed by atoms with E-state index in [4.69, 9.17) is 14.2 Å². The van der Waals surface area contributed by atoms with Crippen LogP contribution in [0.25, 0.3) is 0 Å². The number of unbranched alkanes of at least 4 members (excludes halogenated alkanes) is 20. The largest absolute Gasteiger partial charge is 0.462 e. The van der Waals surface area contributed by atoms with Gasteiger partial charge in [-0.3, -0.25) is 14.4 Å². The topological polar surface area (TPSA) is 78.9 Å². The Morgan fingerprint density at radius 3 is 0.792 bits per heavy atom. The van der Waals surface area contributed by atoms with Crippen LogP contribution >= 0.6 is 0 Å². The lowest BCUT2D eigenvalue weighted by Crippen LogP contribution is -2.30. The highest BCUT2D eigenvalue weighted by atomic mass is 16.6. The fourth-order valence-electron chi connectivity index (χ4n) is 8.17. The molecular weight excluding hydrogens is 949 g/mol. The highest BCUT2D eigenvalue weighted by molar-refractivity contribution is 5.71. The summed E-state index contributed by atoms with van der Waals surface area (Å²) in [6, 6.07) is 0. The van der Waals surface area contributed by atoms with Crippen molar-refractivity contribution >= 4 is 17.9 Å². The average molecular weight is 1060 g/mol. The third-order valence-corrected chi connectivity index (χ3v) is 12.8. The number of esters is 3. The van der Waals surface area contributed by atoms with Crippen molar-refractivity contribution < 1.29 is 28.6 Å². The molecule has 0 aliphatic rings. The number of carbonyl (C=O) groups excluding carboxylic acids is 3. The zero-order valence-corrected chi connectivity index (χ0v) is 49.7. The first-order valence-corrected chi connectivity index (χ1v) is 31.3. The van der Waals surface area contributed by atoms with Gasteiger partial charge in [-0.2, -0.15) is 0 Å². The van der Waals surface area contributed by atoms with Crippen LogP contribution in [0.5, 0.6) is 0 Å². The number of allylic oxidation sites excluding steroid dienone is 24. The molecule has 0 aliphatic carbocycles. The van der Waals surface area contributed by atoms with Crippen LogP contribution in [0.3, 0.4) is 0 Å². The molecule has 0 radical (unpaired) electrons. The van der Waals surface area contributed by atoms with E-state index in [0.717, 1.165) is 161 Å². The van der Waals surface area contributed by atoms with Crippen molar-refractivity contribution in [1.82, 2.24) is 0 Å². The molecule has 0 saturated heterocycles. The molecule has 0 spiro atoms. The van der Waals surface area contributed by atoms with Crippen molar-refractivity contribution in [2.45, 2.75) is 271 Å². The first-order valence-electron chi connectivity index (χ1n) is 31.3. The second-order valence-corrected chi connectivity index (χ2v) is 20.2. The summed E-state index contributed by atoms with van der Waals surface area (Å²) < 4.78 is 16.9. The summed E-state index contributed by atoms with van der Waals surface area (Å²) in [7, 11) is 0. The fraction of sp³-hybridized carbons (Fsp3) is 0.620. The third-order valence-electron chi connectivity index (χ3n) is 12.8. The summed E-state index contributed by atoms with van der Waals surface area (Å²) in [4.78, 5) is 38.3. The lowest BCUT2D eigenvalue weighted by molar-refractivity contribution is -0.167. The molecule has 1 unspecified atom stereocenters. The highest BCUT2D eigenvalue weighted by Crippen LogP contribution is 2.14. The van der Waals surface area contributed by atoms with Gasteiger partial charge in [-0.05, 0) is 141 Å². The molecule has 0 aromatic rings. The van der Waals surface area contributed by atoms with Gasteiger partial charge in [0.2, 0.25) is 0 Å². The normalized spacial score (nSPS) is 13.1. The minimum absolute atomic E-state index is 0.102. The minimum atomic E-state index is -0.809. The molecule has 0 amide bonds. The molecule has 0 N–H and O–H groups in total. The molecular formula is C71H114O6. The summed E-state index contributed by atoms with van der Waals surface area (Å²) in [5.41, 5.74) is 0. The second-order valence-electron chi connectivity index (χ2n) is 20.2. The van der Waals surface area contributed by atoms with Gasteiger partial charge in [-0.1, -0.05) is 250 Å². The maximum Gasteiger partial charge on any atom is 0.306 e. The van der Waals surface area contributed by atoms with Crippen LogP contribution in [0.2, 0.25) is 0 Å². The Kier molecular flexibility index (Phi) is 59.9.